The molecule has 3 rings (SSSR count). The van der Waals surface area contributed by atoms with Crippen LogP contribution in [0.4, 0.5) is 0 Å². The molecule has 166 valence electrons. The highest BCUT2D eigenvalue weighted by Gasteiger charge is 2.29. The molecule has 0 bridgehead atoms. The molecule has 31 heavy (non-hydrogen) atoms. The fourth-order valence-electron chi connectivity index (χ4n) is 3.98. The Hall–Kier alpha value is -2.82. The van der Waals surface area contributed by atoms with Crippen LogP contribution in [0.25, 0.3) is 0 Å². The molecule has 0 aliphatic heterocycles. The number of ether oxygens (including phenoxy) is 1. The maximum Gasteiger partial charge on any atom is 0.261 e. The molecule has 0 saturated heterocycles. The normalized spacial score (nSPS) is 14.8. The number of hydrogen-bond donors (Lipinski definition) is 1. The molecule has 0 aromatic heterocycles. The first-order valence-corrected chi connectivity index (χ1v) is 11.2. The number of benzene rings is 2. The molecule has 0 spiro atoms. The molecular formula is C26H34N2O3. The number of hydrogen-bond acceptors (Lipinski definition) is 3. The van der Waals surface area contributed by atoms with Gasteiger partial charge < -0.3 is 15.0 Å². The first-order valence-electron chi connectivity index (χ1n) is 11.2. The van der Waals surface area contributed by atoms with Gasteiger partial charge in [0.25, 0.3) is 5.91 Å². The second kappa shape index (κ2) is 10.5. The Morgan fingerprint density at radius 2 is 1.74 bits per heavy atom. The third kappa shape index (κ3) is 6.09. The molecule has 5 heteroatoms. The largest absolute Gasteiger partial charge is 0.484 e. The third-order valence-electron chi connectivity index (χ3n) is 6.31. The quantitative estimate of drug-likeness (QED) is 0.683. The summed E-state index contributed by atoms with van der Waals surface area (Å²) >= 11 is 0. The standard InChI is InChI=1S/C26H34N2O3/c1-18-13-14-24(15-20(18)3)31-17-25(29)28(16-22-10-6-5-9-19(22)2)21(4)26(30)27-23-11-7-8-12-23/h5-6,9-10,13-15,21,23H,7-8,11-12,16-17H2,1-4H3,(H,27,30)/t21-/m0/s1. The van der Waals surface area contributed by atoms with Crippen LogP contribution in [0.5, 0.6) is 5.75 Å². The molecule has 1 aliphatic carbocycles. The van der Waals surface area contributed by atoms with Crippen molar-refractivity contribution < 1.29 is 14.3 Å². The summed E-state index contributed by atoms with van der Waals surface area (Å²) in [5.74, 6) is 0.367. The Bertz CT molecular complexity index is 919. The number of amides is 2. The average molecular weight is 423 g/mol. The summed E-state index contributed by atoms with van der Waals surface area (Å²) in [5.41, 5.74) is 4.42. The molecule has 0 radical (unpaired) electrons. The molecule has 1 N–H and O–H groups in total. The second-order valence-electron chi connectivity index (χ2n) is 8.65. The van der Waals surface area contributed by atoms with Crippen LogP contribution in [0.1, 0.15) is 54.9 Å². The van der Waals surface area contributed by atoms with E-state index in [1.807, 2.05) is 63.2 Å². The van der Waals surface area contributed by atoms with Crippen LogP contribution < -0.4 is 10.1 Å². The van der Waals surface area contributed by atoms with Gasteiger partial charge >= 0.3 is 0 Å². The lowest BCUT2D eigenvalue weighted by molar-refractivity contribution is -0.142. The van der Waals surface area contributed by atoms with Gasteiger partial charge in [-0.1, -0.05) is 43.2 Å². The van der Waals surface area contributed by atoms with E-state index in [1.54, 1.807) is 11.8 Å². The van der Waals surface area contributed by atoms with Gasteiger partial charge in [0.1, 0.15) is 11.8 Å². The Kier molecular flexibility index (Phi) is 7.72. The molecule has 0 heterocycles. The number of carbonyl (C=O) groups is 2. The van der Waals surface area contributed by atoms with Gasteiger partial charge in [-0.05, 0) is 74.9 Å². The highest BCUT2D eigenvalue weighted by molar-refractivity contribution is 5.88. The Morgan fingerprint density at radius 1 is 1.03 bits per heavy atom. The van der Waals surface area contributed by atoms with Gasteiger partial charge in [0.05, 0.1) is 0 Å². The number of rotatable bonds is 8. The number of nitrogens with one attached hydrogen (secondary N) is 1. The van der Waals surface area contributed by atoms with Crippen LogP contribution in [0, 0.1) is 20.8 Å². The van der Waals surface area contributed by atoms with E-state index in [9.17, 15) is 9.59 Å². The summed E-state index contributed by atoms with van der Waals surface area (Å²) < 4.78 is 5.79. The Labute approximate surface area is 185 Å². The molecule has 1 atom stereocenters. The van der Waals surface area contributed by atoms with Crippen molar-refractivity contribution in [2.45, 2.75) is 72.0 Å². The molecule has 5 nitrogen and oxygen atoms in total. The molecule has 2 amide bonds. The molecular weight excluding hydrogens is 388 g/mol. The Balaban J connectivity index is 1.73. The maximum atomic E-state index is 13.2. The van der Waals surface area contributed by atoms with Crippen LogP contribution in [0.15, 0.2) is 42.5 Å². The molecule has 0 unspecified atom stereocenters. The highest BCUT2D eigenvalue weighted by atomic mass is 16.5. The van der Waals surface area contributed by atoms with E-state index in [-0.39, 0.29) is 24.5 Å². The highest BCUT2D eigenvalue weighted by Crippen LogP contribution is 2.20. The van der Waals surface area contributed by atoms with E-state index in [0.29, 0.717) is 12.3 Å². The number of aryl methyl sites for hydroxylation is 3. The summed E-state index contributed by atoms with van der Waals surface area (Å²) in [6.45, 7) is 8.16. The van der Waals surface area contributed by atoms with Gasteiger partial charge in [-0.2, -0.15) is 0 Å². The van der Waals surface area contributed by atoms with E-state index in [2.05, 4.69) is 5.32 Å². The summed E-state index contributed by atoms with van der Waals surface area (Å²) in [7, 11) is 0. The topological polar surface area (TPSA) is 58.6 Å². The van der Waals surface area contributed by atoms with Crippen molar-refractivity contribution in [3.63, 3.8) is 0 Å². The summed E-state index contributed by atoms with van der Waals surface area (Å²) in [6, 6.07) is 13.4. The van der Waals surface area contributed by atoms with Gasteiger partial charge in [0.15, 0.2) is 6.61 Å². The first-order chi connectivity index (χ1) is 14.8. The molecule has 1 fully saturated rings. The number of nitrogens with zero attached hydrogens (tertiary/aromatic N) is 1. The van der Waals surface area contributed by atoms with Crippen LogP contribution in [-0.4, -0.2) is 35.4 Å². The van der Waals surface area contributed by atoms with Crippen LogP contribution in [0.3, 0.4) is 0 Å². The van der Waals surface area contributed by atoms with Crippen LogP contribution in [-0.2, 0) is 16.1 Å². The summed E-state index contributed by atoms with van der Waals surface area (Å²) in [6.07, 6.45) is 4.32. The van der Waals surface area contributed by atoms with Crippen molar-refractivity contribution >= 4 is 11.8 Å². The summed E-state index contributed by atoms with van der Waals surface area (Å²) in [4.78, 5) is 27.8. The minimum Gasteiger partial charge on any atom is -0.484 e. The third-order valence-corrected chi connectivity index (χ3v) is 6.31. The van der Waals surface area contributed by atoms with E-state index < -0.39 is 6.04 Å². The minimum atomic E-state index is -0.573. The van der Waals surface area contributed by atoms with E-state index >= 15 is 0 Å². The lowest BCUT2D eigenvalue weighted by Crippen LogP contribution is -2.50. The van der Waals surface area contributed by atoms with Gasteiger partial charge in [0, 0.05) is 12.6 Å². The lowest BCUT2D eigenvalue weighted by Gasteiger charge is -2.30. The van der Waals surface area contributed by atoms with Crippen molar-refractivity contribution in [2.24, 2.45) is 0 Å². The van der Waals surface area contributed by atoms with Crippen molar-refractivity contribution in [1.29, 1.82) is 0 Å². The Morgan fingerprint density at radius 3 is 2.42 bits per heavy atom. The van der Waals surface area contributed by atoms with Crippen molar-refractivity contribution in [3.05, 3.63) is 64.7 Å². The predicted octanol–water partition coefficient (Wildman–Crippen LogP) is 4.47. The van der Waals surface area contributed by atoms with Crippen LogP contribution >= 0.6 is 0 Å². The number of carbonyl (C=O) groups excluding carboxylic acids is 2. The van der Waals surface area contributed by atoms with E-state index in [4.69, 9.17) is 4.74 Å². The van der Waals surface area contributed by atoms with E-state index in [0.717, 1.165) is 42.4 Å². The van der Waals surface area contributed by atoms with Crippen molar-refractivity contribution in [1.82, 2.24) is 10.2 Å². The zero-order chi connectivity index (χ0) is 22.4. The second-order valence-corrected chi connectivity index (χ2v) is 8.65. The SMILES string of the molecule is Cc1ccc(OCC(=O)N(Cc2ccccc2C)[C@@H](C)C(=O)NC2CCCC2)cc1C. The maximum absolute atomic E-state index is 13.2. The van der Waals surface area contributed by atoms with Crippen molar-refractivity contribution in [2.75, 3.05) is 6.61 Å². The van der Waals surface area contributed by atoms with Crippen molar-refractivity contribution in [3.8, 4) is 5.75 Å². The van der Waals surface area contributed by atoms with Gasteiger partial charge in [-0.3, -0.25) is 9.59 Å². The zero-order valence-corrected chi connectivity index (χ0v) is 19.1. The average Bonchev–Trinajstić information content (AvgIpc) is 3.26. The van der Waals surface area contributed by atoms with Gasteiger partial charge in [-0.25, -0.2) is 0 Å². The molecule has 1 aliphatic rings. The van der Waals surface area contributed by atoms with Crippen LogP contribution in [0.2, 0.25) is 0 Å². The lowest BCUT2D eigenvalue weighted by atomic mass is 10.1. The smallest absolute Gasteiger partial charge is 0.261 e. The fraction of sp³-hybridized carbons (Fsp3) is 0.462. The van der Waals surface area contributed by atoms with E-state index in [1.165, 1.54) is 5.56 Å². The predicted molar refractivity (Wildman–Crippen MR) is 123 cm³/mol. The minimum absolute atomic E-state index is 0.0972. The fourth-order valence-corrected chi connectivity index (χ4v) is 3.98. The zero-order valence-electron chi connectivity index (χ0n) is 19.1. The summed E-state index contributed by atoms with van der Waals surface area (Å²) in [5, 5.41) is 3.13. The van der Waals surface area contributed by atoms with Gasteiger partial charge in [-0.15, -0.1) is 0 Å². The molecule has 2 aromatic carbocycles. The molecule has 2 aromatic rings. The van der Waals surface area contributed by atoms with Gasteiger partial charge in [0.2, 0.25) is 5.91 Å². The monoisotopic (exact) mass is 422 g/mol. The first kappa shape index (κ1) is 22.9. The molecule has 1 saturated carbocycles.